The molecule has 0 spiro atoms. The van der Waals surface area contributed by atoms with Crippen LogP contribution in [-0.4, -0.2) is 37.1 Å². The molecule has 0 radical (unpaired) electrons. The minimum atomic E-state index is -0.903. The van der Waals surface area contributed by atoms with E-state index in [-0.39, 0.29) is 19.1 Å². The number of carbonyl (C=O) groups excluding carboxylic acids is 3. The molecule has 0 aliphatic carbocycles. The van der Waals surface area contributed by atoms with Crippen molar-refractivity contribution in [2.75, 3.05) is 18.5 Å². The first kappa shape index (κ1) is 22.4. The summed E-state index contributed by atoms with van der Waals surface area (Å²) in [7, 11) is 0. The number of carbonyl (C=O) groups is 3. The van der Waals surface area contributed by atoms with Crippen molar-refractivity contribution in [2.24, 2.45) is 5.10 Å². The van der Waals surface area contributed by atoms with Gasteiger partial charge in [0.05, 0.1) is 6.21 Å². The van der Waals surface area contributed by atoms with Crippen molar-refractivity contribution in [3.05, 3.63) is 71.8 Å². The SMILES string of the molecule is C=CCNC(=O)C(=O)N/N=C\c1ccccc1OCC(=O)Nc1ccc(C)c(C)c1. The van der Waals surface area contributed by atoms with E-state index in [0.717, 1.165) is 11.1 Å². The van der Waals surface area contributed by atoms with Crippen LogP contribution in [0.15, 0.2) is 60.2 Å². The first-order chi connectivity index (χ1) is 14.4. The minimum absolute atomic E-state index is 0.177. The zero-order valence-electron chi connectivity index (χ0n) is 16.9. The van der Waals surface area contributed by atoms with Crippen molar-refractivity contribution >= 4 is 29.6 Å². The first-order valence-corrected chi connectivity index (χ1v) is 9.21. The number of rotatable bonds is 8. The Balaban J connectivity index is 1.92. The quantitative estimate of drug-likeness (QED) is 0.269. The van der Waals surface area contributed by atoms with E-state index in [1.54, 1.807) is 24.3 Å². The number of hydrogen-bond donors (Lipinski definition) is 3. The Morgan fingerprint density at radius 3 is 2.57 bits per heavy atom. The molecule has 0 fully saturated rings. The number of anilines is 1. The van der Waals surface area contributed by atoms with Crippen molar-refractivity contribution in [3.63, 3.8) is 0 Å². The Bertz CT molecular complexity index is 969. The number of para-hydroxylation sites is 1. The fraction of sp³-hybridized carbons (Fsp3) is 0.182. The maximum absolute atomic E-state index is 12.2. The molecule has 0 bridgehead atoms. The maximum Gasteiger partial charge on any atom is 0.329 e. The van der Waals surface area contributed by atoms with Crippen LogP contribution < -0.4 is 20.8 Å². The van der Waals surface area contributed by atoms with Gasteiger partial charge >= 0.3 is 11.8 Å². The summed E-state index contributed by atoms with van der Waals surface area (Å²) in [6.45, 7) is 7.39. The molecule has 0 aliphatic rings. The van der Waals surface area contributed by atoms with Gasteiger partial charge in [-0.3, -0.25) is 14.4 Å². The number of hydrazone groups is 1. The van der Waals surface area contributed by atoms with Crippen LogP contribution >= 0.6 is 0 Å². The Labute approximate surface area is 175 Å². The zero-order valence-corrected chi connectivity index (χ0v) is 16.9. The molecule has 0 saturated carbocycles. The third-order valence-corrected chi connectivity index (χ3v) is 4.05. The van der Waals surface area contributed by atoms with Gasteiger partial charge in [0.2, 0.25) is 0 Å². The van der Waals surface area contributed by atoms with Crippen LogP contribution in [0.2, 0.25) is 0 Å². The molecule has 3 amide bonds. The van der Waals surface area contributed by atoms with Gasteiger partial charge in [-0.15, -0.1) is 6.58 Å². The molecule has 0 aromatic heterocycles. The maximum atomic E-state index is 12.2. The molecule has 8 nitrogen and oxygen atoms in total. The third-order valence-electron chi connectivity index (χ3n) is 4.05. The van der Waals surface area contributed by atoms with Gasteiger partial charge < -0.3 is 15.4 Å². The third kappa shape index (κ3) is 6.90. The normalized spacial score (nSPS) is 10.3. The molecule has 156 valence electrons. The number of benzene rings is 2. The van der Waals surface area contributed by atoms with E-state index in [9.17, 15) is 14.4 Å². The fourth-order valence-electron chi connectivity index (χ4n) is 2.33. The highest BCUT2D eigenvalue weighted by Gasteiger charge is 2.11. The van der Waals surface area contributed by atoms with Crippen LogP contribution in [0.1, 0.15) is 16.7 Å². The van der Waals surface area contributed by atoms with Crippen LogP contribution in [0.25, 0.3) is 0 Å². The van der Waals surface area contributed by atoms with Gasteiger partial charge in [0.1, 0.15) is 5.75 Å². The van der Waals surface area contributed by atoms with E-state index in [0.29, 0.717) is 17.0 Å². The van der Waals surface area contributed by atoms with Gasteiger partial charge in [-0.1, -0.05) is 24.3 Å². The Kier molecular flexibility index (Phi) is 8.31. The van der Waals surface area contributed by atoms with Crippen molar-refractivity contribution in [3.8, 4) is 5.75 Å². The number of nitrogens with zero attached hydrogens (tertiary/aromatic N) is 1. The summed E-state index contributed by atoms with van der Waals surface area (Å²) in [5, 5.41) is 8.87. The second-order valence-electron chi connectivity index (χ2n) is 6.37. The van der Waals surface area contributed by atoms with E-state index < -0.39 is 11.8 Å². The molecule has 8 heteroatoms. The molecule has 0 atom stereocenters. The number of ether oxygens (including phenoxy) is 1. The molecular formula is C22H24N4O4. The molecule has 2 rings (SSSR count). The largest absolute Gasteiger partial charge is 0.483 e. The highest BCUT2D eigenvalue weighted by atomic mass is 16.5. The summed E-state index contributed by atoms with van der Waals surface area (Å²) in [6.07, 6.45) is 2.79. The summed E-state index contributed by atoms with van der Waals surface area (Å²) >= 11 is 0. The Morgan fingerprint density at radius 1 is 1.07 bits per heavy atom. The van der Waals surface area contributed by atoms with Crippen LogP contribution in [0.3, 0.4) is 0 Å². The summed E-state index contributed by atoms with van der Waals surface area (Å²) < 4.78 is 5.58. The molecule has 0 aliphatic heterocycles. The van der Waals surface area contributed by atoms with Crippen LogP contribution in [0.4, 0.5) is 5.69 Å². The van der Waals surface area contributed by atoms with Crippen molar-refractivity contribution in [1.29, 1.82) is 0 Å². The van der Waals surface area contributed by atoms with E-state index in [1.807, 2.05) is 32.0 Å². The smallest absolute Gasteiger partial charge is 0.329 e. The highest BCUT2D eigenvalue weighted by molar-refractivity contribution is 6.35. The second kappa shape index (κ2) is 11.2. The van der Waals surface area contributed by atoms with Gasteiger partial charge in [-0.25, -0.2) is 5.43 Å². The van der Waals surface area contributed by atoms with E-state index in [4.69, 9.17) is 4.74 Å². The lowest BCUT2D eigenvalue weighted by Crippen LogP contribution is -2.37. The zero-order chi connectivity index (χ0) is 21.9. The number of amides is 3. The standard InChI is InChI=1S/C22H24N4O4/c1-4-11-23-21(28)22(29)26-24-13-17-7-5-6-8-19(17)30-14-20(27)25-18-10-9-15(2)16(3)12-18/h4-10,12-13H,1,11,14H2,2-3H3,(H,23,28)(H,25,27)(H,26,29)/b24-13-. The first-order valence-electron chi connectivity index (χ1n) is 9.21. The van der Waals surface area contributed by atoms with Crippen LogP contribution in [-0.2, 0) is 14.4 Å². The lowest BCUT2D eigenvalue weighted by atomic mass is 10.1. The van der Waals surface area contributed by atoms with Crippen molar-refractivity contribution < 1.29 is 19.1 Å². The van der Waals surface area contributed by atoms with Gasteiger partial charge in [0, 0.05) is 17.8 Å². The Morgan fingerprint density at radius 2 is 1.83 bits per heavy atom. The van der Waals surface area contributed by atoms with E-state index in [2.05, 4.69) is 27.7 Å². The fourth-order valence-corrected chi connectivity index (χ4v) is 2.33. The van der Waals surface area contributed by atoms with Gasteiger partial charge in [0.15, 0.2) is 6.61 Å². The topological polar surface area (TPSA) is 109 Å². The second-order valence-corrected chi connectivity index (χ2v) is 6.37. The van der Waals surface area contributed by atoms with E-state index >= 15 is 0 Å². The number of hydrogen-bond acceptors (Lipinski definition) is 5. The molecule has 0 unspecified atom stereocenters. The molecule has 0 saturated heterocycles. The lowest BCUT2D eigenvalue weighted by molar-refractivity contribution is -0.139. The monoisotopic (exact) mass is 408 g/mol. The van der Waals surface area contributed by atoms with Gasteiger partial charge in [-0.2, -0.15) is 5.10 Å². The van der Waals surface area contributed by atoms with Crippen molar-refractivity contribution in [1.82, 2.24) is 10.7 Å². The lowest BCUT2D eigenvalue weighted by Gasteiger charge is -2.10. The predicted octanol–water partition coefficient (Wildman–Crippen LogP) is 2.07. The summed E-state index contributed by atoms with van der Waals surface area (Å²) in [5.74, 6) is -1.63. The summed E-state index contributed by atoms with van der Waals surface area (Å²) in [5.41, 5.74) is 5.57. The summed E-state index contributed by atoms with van der Waals surface area (Å²) in [6, 6.07) is 12.5. The van der Waals surface area contributed by atoms with E-state index in [1.165, 1.54) is 12.3 Å². The van der Waals surface area contributed by atoms with Gasteiger partial charge in [-0.05, 0) is 49.2 Å². The van der Waals surface area contributed by atoms with Crippen LogP contribution in [0.5, 0.6) is 5.75 Å². The predicted molar refractivity (Wildman–Crippen MR) is 115 cm³/mol. The van der Waals surface area contributed by atoms with Crippen LogP contribution in [0, 0.1) is 13.8 Å². The molecule has 2 aromatic rings. The minimum Gasteiger partial charge on any atom is -0.483 e. The average Bonchev–Trinajstić information content (AvgIpc) is 2.73. The summed E-state index contributed by atoms with van der Waals surface area (Å²) in [4.78, 5) is 35.2. The number of nitrogens with one attached hydrogen (secondary N) is 3. The van der Waals surface area contributed by atoms with Crippen molar-refractivity contribution in [2.45, 2.75) is 13.8 Å². The molecular weight excluding hydrogens is 384 g/mol. The molecule has 2 aromatic carbocycles. The average molecular weight is 408 g/mol. The molecule has 0 heterocycles. The highest BCUT2D eigenvalue weighted by Crippen LogP contribution is 2.17. The molecule has 3 N–H and O–H groups in total. The molecule has 30 heavy (non-hydrogen) atoms. The number of aryl methyl sites for hydroxylation is 2. The Hall–Kier alpha value is -3.94. The van der Waals surface area contributed by atoms with Gasteiger partial charge in [0.25, 0.3) is 5.91 Å².